The van der Waals surface area contributed by atoms with Gasteiger partial charge in [0.1, 0.15) is 23.7 Å². The van der Waals surface area contributed by atoms with Crippen LogP contribution in [0.15, 0.2) is 61.7 Å². The smallest absolute Gasteiger partial charge is 0.246 e. The number of piperidine rings is 1. The Labute approximate surface area is 218 Å². The van der Waals surface area contributed by atoms with Gasteiger partial charge in [-0.05, 0) is 30.5 Å². The summed E-state index contributed by atoms with van der Waals surface area (Å²) in [5, 5.41) is 8.35. The predicted octanol–water partition coefficient (Wildman–Crippen LogP) is 2.82. The molecule has 1 aliphatic rings. The van der Waals surface area contributed by atoms with Crippen molar-refractivity contribution in [3.63, 3.8) is 0 Å². The molecule has 1 atom stereocenters. The van der Waals surface area contributed by atoms with Crippen LogP contribution in [0.3, 0.4) is 0 Å². The van der Waals surface area contributed by atoms with E-state index in [9.17, 15) is 14.0 Å². The molecule has 0 aliphatic carbocycles. The lowest BCUT2D eigenvalue weighted by atomic mass is 10.1. The van der Waals surface area contributed by atoms with E-state index in [1.807, 2.05) is 28.9 Å². The second-order valence-corrected chi connectivity index (χ2v) is 9.15. The van der Waals surface area contributed by atoms with Gasteiger partial charge in [0.2, 0.25) is 11.8 Å². The highest BCUT2D eigenvalue weighted by Gasteiger charge is 2.28. The fourth-order valence-electron chi connectivity index (χ4n) is 4.70. The third-order valence-electron chi connectivity index (χ3n) is 6.67. The molecule has 1 saturated heterocycles. The summed E-state index contributed by atoms with van der Waals surface area (Å²) in [6, 6.07) is 9.01. The van der Waals surface area contributed by atoms with Crippen LogP contribution in [-0.2, 0) is 22.6 Å². The molecule has 3 N–H and O–H groups in total. The lowest BCUT2D eigenvalue weighted by Gasteiger charge is -2.32. The summed E-state index contributed by atoms with van der Waals surface area (Å²) < 4.78 is 15.6. The summed E-state index contributed by atoms with van der Waals surface area (Å²) in [5.74, 6) is -0.569. The van der Waals surface area contributed by atoms with Gasteiger partial charge < -0.3 is 16.0 Å². The number of halogens is 1. The molecule has 0 unspecified atom stereocenters. The average Bonchev–Trinajstić information content (AvgIpc) is 3.34. The molecule has 4 aromatic rings. The molecule has 0 spiro atoms. The van der Waals surface area contributed by atoms with E-state index in [4.69, 9.17) is 10.8 Å². The molecule has 1 fully saturated rings. The van der Waals surface area contributed by atoms with Crippen molar-refractivity contribution < 1.29 is 14.0 Å². The molecule has 0 radical (unpaired) electrons. The summed E-state index contributed by atoms with van der Waals surface area (Å²) in [6.45, 7) is 5.08. The fourth-order valence-corrected chi connectivity index (χ4v) is 4.70. The van der Waals surface area contributed by atoms with E-state index in [2.05, 4.69) is 26.8 Å². The highest BCUT2D eigenvalue weighted by Crippen LogP contribution is 2.33. The van der Waals surface area contributed by atoms with Crippen LogP contribution in [0.2, 0.25) is 0 Å². The molecular formula is C27H27FN8O2. The zero-order valence-corrected chi connectivity index (χ0v) is 20.7. The van der Waals surface area contributed by atoms with Gasteiger partial charge in [0.15, 0.2) is 5.65 Å². The molecule has 1 aromatic carbocycles. The number of likely N-dealkylation sites (tertiary alicyclic amines) is 1. The minimum atomic E-state index is -0.504. The first kappa shape index (κ1) is 25.0. The van der Waals surface area contributed by atoms with Gasteiger partial charge in [-0.15, -0.1) is 0 Å². The van der Waals surface area contributed by atoms with Crippen molar-refractivity contribution in [2.75, 3.05) is 18.8 Å². The summed E-state index contributed by atoms with van der Waals surface area (Å²) in [5.41, 5.74) is 9.51. The maximum atomic E-state index is 13.8. The molecule has 0 saturated carbocycles. The lowest BCUT2D eigenvalue weighted by Crippen LogP contribution is -2.40. The van der Waals surface area contributed by atoms with Crippen LogP contribution in [0, 0.1) is 5.82 Å². The topological polar surface area (TPSA) is 132 Å². The predicted molar refractivity (Wildman–Crippen MR) is 140 cm³/mol. The number of carbonyl (C=O) groups excluding carboxylic acids is 2. The number of anilines is 1. The molecule has 2 amide bonds. The van der Waals surface area contributed by atoms with E-state index in [1.54, 1.807) is 4.90 Å². The fraction of sp³-hybridized carbons (Fsp3) is 0.259. The van der Waals surface area contributed by atoms with Crippen LogP contribution in [0.4, 0.5) is 10.2 Å². The standard InChI is InChI=1S/C27H27FN8O2/c1-2-23(38)35-11-3-4-20(15-35)36-27-24(26(29)32-16-33-27)25(34-36)18-7-5-17(6-8-18)13-31-22(37)12-19-9-10-30-14-21(19)28/h2,5-10,14,16,20H,1,3-4,11-13,15H2,(H,31,37)(H2,29,32,33)/t20-/m1/s1. The molecule has 4 heterocycles. The Morgan fingerprint density at radius 3 is 2.79 bits per heavy atom. The maximum Gasteiger partial charge on any atom is 0.246 e. The summed E-state index contributed by atoms with van der Waals surface area (Å²) in [6.07, 6.45) is 6.92. The number of fused-ring (bicyclic) bond motifs is 1. The number of rotatable bonds is 7. The Kier molecular flexibility index (Phi) is 7.07. The number of amides is 2. The van der Waals surface area contributed by atoms with Crippen molar-refractivity contribution >= 4 is 28.7 Å². The van der Waals surface area contributed by atoms with Gasteiger partial charge in [-0.3, -0.25) is 14.6 Å². The number of carbonyl (C=O) groups is 2. The van der Waals surface area contributed by atoms with Gasteiger partial charge in [0.05, 0.1) is 24.0 Å². The van der Waals surface area contributed by atoms with Crippen molar-refractivity contribution in [1.29, 1.82) is 0 Å². The summed E-state index contributed by atoms with van der Waals surface area (Å²) in [4.78, 5) is 38.6. The summed E-state index contributed by atoms with van der Waals surface area (Å²) >= 11 is 0. The minimum absolute atomic E-state index is 0.0575. The first-order valence-corrected chi connectivity index (χ1v) is 12.3. The van der Waals surface area contributed by atoms with Crippen LogP contribution in [0.1, 0.15) is 30.0 Å². The molecule has 0 bridgehead atoms. The average molecular weight is 515 g/mol. The third kappa shape index (κ3) is 5.08. The van der Waals surface area contributed by atoms with Gasteiger partial charge in [-0.2, -0.15) is 5.10 Å². The number of hydrogen-bond acceptors (Lipinski definition) is 7. The van der Waals surface area contributed by atoms with Crippen LogP contribution < -0.4 is 11.1 Å². The number of nitrogens with zero attached hydrogens (tertiary/aromatic N) is 6. The molecule has 38 heavy (non-hydrogen) atoms. The molecule has 11 heteroatoms. The third-order valence-corrected chi connectivity index (χ3v) is 6.67. The molecule has 3 aromatic heterocycles. The Bertz CT molecular complexity index is 1500. The molecule has 10 nitrogen and oxygen atoms in total. The van der Waals surface area contributed by atoms with Crippen molar-refractivity contribution in [2.24, 2.45) is 0 Å². The van der Waals surface area contributed by atoms with E-state index >= 15 is 0 Å². The van der Waals surface area contributed by atoms with E-state index in [0.29, 0.717) is 47.7 Å². The van der Waals surface area contributed by atoms with Gasteiger partial charge >= 0.3 is 0 Å². The van der Waals surface area contributed by atoms with Gasteiger partial charge in [-0.25, -0.2) is 19.0 Å². The Morgan fingerprint density at radius 1 is 1.21 bits per heavy atom. The van der Waals surface area contributed by atoms with Crippen molar-refractivity contribution in [3.8, 4) is 11.3 Å². The summed E-state index contributed by atoms with van der Waals surface area (Å²) in [7, 11) is 0. The second kappa shape index (κ2) is 10.8. The monoisotopic (exact) mass is 514 g/mol. The number of hydrogen-bond donors (Lipinski definition) is 2. The molecular weight excluding hydrogens is 487 g/mol. The van der Waals surface area contributed by atoms with E-state index < -0.39 is 5.82 Å². The van der Waals surface area contributed by atoms with E-state index in [-0.39, 0.29) is 24.3 Å². The second-order valence-electron chi connectivity index (χ2n) is 9.15. The molecule has 194 valence electrons. The Morgan fingerprint density at radius 2 is 2.03 bits per heavy atom. The number of nitrogens with one attached hydrogen (secondary N) is 1. The number of benzene rings is 1. The maximum absolute atomic E-state index is 13.8. The largest absolute Gasteiger partial charge is 0.383 e. The van der Waals surface area contributed by atoms with Crippen molar-refractivity contribution in [3.05, 3.63) is 78.7 Å². The van der Waals surface area contributed by atoms with Crippen LogP contribution in [0.25, 0.3) is 22.3 Å². The normalized spacial score (nSPS) is 15.4. The first-order valence-electron chi connectivity index (χ1n) is 12.3. The highest BCUT2D eigenvalue weighted by molar-refractivity contribution is 5.98. The van der Waals surface area contributed by atoms with Gasteiger partial charge in [-0.1, -0.05) is 30.8 Å². The van der Waals surface area contributed by atoms with Crippen LogP contribution >= 0.6 is 0 Å². The Hall–Kier alpha value is -4.67. The van der Waals surface area contributed by atoms with Crippen molar-refractivity contribution in [1.82, 2.24) is 34.9 Å². The lowest BCUT2D eigenvalue weighted by molar-refractivity contribution is -0.127. The quantitative estimate of drug-likeness (QED) is 0.363. The Balaban J connectivity index is 1.35. The SMILES string of the molecule is C=CC(=O)N1CCC[C@@H](n2nc(-c3ccc(CNC(=O)Cc4ccncc4F)cc3)c3c(N)ncnc32)C1. The van der Waals surface area contributed by atoms with Crippen LogP contribution in [0.5, 0.6) is 0 Å². The number of pyridine rings is 1. The zero-order valence-electron chi connectivity index (χ0n) is 20.7. The number of nitrogen functional groups attached to an aromatic ring is 1. The van der Waals surface area contributed by atoms with E-state index in [1.165, 1.54) is 24.7 Å². The van der Waals surface area contributed by atoms with Crippen LogP contribution in [-0.4, -0.2) is 54.5 Å². The highest BCUT2D eigenvalue weighted by atomic mass is 19.1. The first-order chi connectivity index (χ1) is 18.4. The number of nitrogens with two attached hydrogens (primary N) is 1. The zero-order chi connectivity index (χ0) is 26.6. The number of aromatic nitrogens is 5. The molecule has 5 rings (SSSR count). The van der Waals surface area contributed by atoms with Gasteiger partial charge in [0, 0.05) is 37.0 Å². The van der Waals surface area contributed by atoms with Gasteiger partial charge in [0.25, 0.3) is 0 Å². The van der Waals surface area contributed by atoms with Crippen molar-refractivity contribution in [2.45, 2.75) is 31.8 Å². The van der Waals surface area contributed by atoms with E-state index in [0.717, 1.165) is 30.2 Å². The minimum Gasteiger partial charge on any atom is -0.383 e. The molecule has 1 aliphatic heterocycles.